The van der Waals surface area contributed by atoms with Crippen LogP contribution in [-0.2, 0) is 12.8 Å². The Bertz CT molecular complexity index is 577. The topological polar surface area (TPSA) is 24.7 Å². The molecule has 0 amide bonds. The maximum Gasteiger partial charge on any atom is 0.155 e. The molecule has 1 aliphatic heterocycles. The summed E-state index contributed by atoms with van der Waals surface area (Å²) in [7, 11) is 1.84. The van der Waals surface area contributed by atoms with Gasteiger partial charge in [-0.3, -0.25) is 4.99 Å². The molecule has 0 saturated heterocycles. The van der Waals surface area contributed by atoms with Gasteiger partial charge in [0.05, 0.1) is 0 Å². The van der Waals surface area contributed by atoms with Crippen molar-refractivity contribution in [2.24, 2.45) is 9.98 Å². The van der Waals surface area contributed by atoms with Crippen LogP contribution >= 0.6 is 0 Å². The summed E-state index contributed by atoms with van der Waals surface area (Å²) >= 11 is 0. The standard InChI is InChI=1S/C15H18N2/c1-8-9(2)13-14(10(3)17-15(13)16-4)12-7-5-6-11(8)12/h5-7H2,1-4H3. The molecule has 2 nitrogen and oxygen atoms in total. The van der Waals surface area contributed by atoms with Gasteiger partial charge in [0.25, 0.3) is 0 Å². The fraction of sp³-hybridized carbons (Fsp3) is 0.467. The Hall–Kier alpha value is -1.44. The molecule has 3 rings (SSSR count). The Kier molecular flexibility index (Phi) is 2.22. The number of hydrogen-bond acceptors (Lipinski definition) is 1. The Labute approximate surface area is 102 Å². The van der Waals surface area contributed by atoms with E-state index in [0.717, 1.165) is 11.5 Å². The molecular weight excluding hydrogens is 208 g/mol. The fourth-order valence-corrected chi connectivity index (χ4v) is 3.30. The predicted molar refractivity (Wildman–Crippen MR) is 72.6 cm³/mol. The third-order valence-corrected chi connectivity index (χ3v) is 4.23. The van der Waals surface area contributed by atoms with Crippen molar-refractivity contribution < 1.29 is 0 Å². The predicted octanol–water partition coefficient (Wildman–Crippen LogP) is 2.99. The average molecular weight is 226 g/mol. The summed E-state index contributed by atoms with van der Waals surface area (Å²) in [5, 5.41) is 0. The largest absolute Gasteiger partial charge is 0.270 e. The summed E-state index contributed by atoms with van der Waals surface area (Å²) in [6.45, 7) is 6.58. The van der Waals surface area contributed by atoms with Crippen LogP contribution in [0, 0.1) is 13.8 Å². The van der Waals surface area contributed by atoms with E-state index in [0.29, 0.717) is 0 Å². The molecule has 0 bridgehead atoms. The van der Waals surface area contributed by atoms with Crippen LogP contribution in [0.15, 0.2) is 9.98 Å². The highest BCUT2D eigenvalue weighted by Crippen LogP contribution is 2.37. The first-order chi connectivity index (χ1) is 8.15. The number of amidine groups is 1. The quantitative estimate of drug-likeness (QED) is 0.649. The van der Waals surface area contributed by atoms with Crippen molar-refractivity contribution in [3.05, 3.63) is 33.4 Å². The zero-order valence-electron chi connectivity index (χ0n) is 11.0. The van der Waals surface area contributed by atoms with Crippen LogP contribution in [0.3, 0.4) is 0 Å². The first-order valence-electron chi connectivity index (χ1n) is 6.33. The summed E-state index contributed by atoms with van der Waals surface area (Å²) in [6, 6.07) is 0. The van der Waals surface area contributed by atoms with Crippen LogP contribution in [0.25, 0.3) is 0 Å². The van der Waals surface area contributed by atoms with Crippen molar-refractivity contribution >= 4 is 11.5 Å². The van der Waals surface area contributed by atoms with Gasteiger partial charge in [0.1, 0.15) is 0 Å². The lowest BCUT2D eigenvalue weighted by Gasteiger charge is -2.15. The van der Waals surface area contributed by atoms with E-state index in [1.165, 1.54) is 41.5 Å². The third kappa shape index (κ3) is 1.27. The van der Waals surface area contributed by atoms with E-state index in [1.807, 2.05) is 7.05 Å². The monoisotopic (exact) mass is 226 g/mol. The molecule has 2 aliphatic rings. The second-order valence-corrected chi connectivity index (χ2v) is 5.06. The maximum absolute atomic E-state index is 4.62. The molecule has 0 saturated carbocycles. The van der Waals surface area contributed by atoms with Crippen LogP contribution in [0.5, 0.6) is 0 Å². The molecule has 1 aliphatic carbocycles. The SMILES string of the molecule is CN=C1N=C(C)c2c3c(c(C)c(C)c21)CCC3. The van der Waals surface area contributed by atoms with Gasteiger partial charge in [-0.1, -0.05) is 0 Å². The third-order valence-electron chi connectivity index (χ3n) is 4.23. The highest BCUT2D eigenvalue weighted by Gasteiger charge is 2.29. The molecule has 0 atom stereocenters. The molecule has 88 valence electrons. The number of nitrogens with zero attached hydrogens (tertiary/aromatic N) is 2. The number of hydrogen-bond donors (Lipinski definition) is 0. The van der Waals surface area contributed by atoms with E-state index >= 15 is 0 Å². The number of rotatable bonds is 0. The molecule has 0 unspecified atom stereocenters. The van der Waals surface area contributed by atoms with E-state index in [-0.39, 0.29) is 0 Å². The number of aliphatic imine (C=N–C) groups is 2. The molecular formula is C15H18N2. The van der Waals surface area contributed by atoms with Crippen LogP contribution in [0.4, 0.5) is 0 Å². The lowest BCUT2D eigenvalue weighted by molar-refractivity contribution is 0.908. The smallest absolute Gasteiger partial charge is 0.155 e. The van der Waals surface area contributed by atoms with E-state index in [1.54, 1.807) is 11.1 Å². The highest BCUT2D eigenvalue weighted by molar-refractivity contribution is 6.24. The molecule has 1 aromatic carbocycles. The van der Waals surface area contributed by atoms with E-state index in [2.05, 4.69) is 30.8 Å². The fourth-order valence-electron chi connectivity index (χ4n) is 3.30. The lowest BCUT2D eigenvalue weighted by atomic mass is 9.88. The minimum absolute atomic E-state index is 0.924. The summed E-state index contributed by atoms with van der Waals surface area (Å²) in [4.78, 5) is 8.96. The molecule has 1 heterocycles. The summed E-state index contributed by atoms with van der Waals surface area (Å²) in [5.41, 5.74) is 9.80. The van der Waals surface area contributed by atoms with Gasteiger partial charge < -0.3 is 0 Å². The lowest BCUT2D eigenvalue weighted by Crippen LogP contribution is -2.07. The number of benzene rings is 1. The van der Waals surface area contributed by atoms with Crippen LogP contribution in [0.2, 0.25) is 0 Å². The Morgan fingerprint density at radius 2 is 1.65 bits per heavy atom. The van der Waals surface area contributed by atoms with Crippen LogP contribution < -0.4 is 0 Å². The molecule has 0 radical (unpaired) electrons. The van der Waals surface area contributed by atoms with Gasteiger partial charge in [-0.2, -0.15) is 0 Å². The summed E-state index contributed by atoms with van der Waals surface area (Å²) < 4.78 is 0. The molecule has 2 heteroatoms. The Morgan fingerprint density at radius 1 is 0.941 bits per heavy atom. The Morgan fingerprint density at radius 3 is 2.35 bits per heavy atom. The maximum atomic E-state index is 4.62. The molecule has 0 fully saturated rings. The second kappa shape index (κ2) is 3.52. The van der Waals surface area contributed by atoms with Crippen molar-refractivity contribution in [3.63, 3.8) is 0 Å². The first-order valence-corrected chi connectivity index (χ1v) is 6.33. The normalized spacial score (nSPS) is 19.5. The first kappa shape index (κ1) is 10.7. The van der Waals surface area contributed by atoms with Gasteiger partial charge in [0.15, 0.2) is 5.84 Å². The summed E-state index contributed by atoms with van der Waals surface area (Å²) in [6.07, 6.45) is 3.74. The van der Waals surface area contributed by atoms with Gasteiger partial charge >= 0.3 is 0 Å². The van der Waals surface area contributed by atoms with Gasteiger partial charge in [0, 0.05) is 23.9 Å². The molecule has 17 heavy (non-hydrogen) atoms. The van der Waals surface area contributed by atoms with Gasteiger partial charge in [-0.15, -0.1) is 0 Å². The van der Waals surface area contributed by atoms with Crippen molar-refractivity contribution in [3.8, 4) is 0 Å². The second-order valence-electron chi connectivity index (χ2n) is 5.06. The van der Waals surface area contributed by atoms with Crippen molar-refractivity contribution in [2.45, 2.75) is 40.0 Å². The molecule has 0 spiro atoms. The van der Waals surface area contributed by atoms with E-state index < -0.39 is 0 Å². The van der Waals surface area contributed by atoms with Crippen LogP contribution in [-0.4, -0.2) is 18.6 Å². The van der Waals surface area contributed by atoms with Crippen molar-refractivity contribution in [2.75, 3.05) is 7.05 Å². The van der Waals surface area contributed by atoms with Gasteiger partial charge in [-0.05, 0) is 62.3 Å². The average Bonchev–Trinajstić information content (AvgIpc) is 2.89. The Balaban J connectivity index is 2.42. The molecule has 1 aromatic rings. The zero-order chi connectivity index (χ0) is 12.2. The minimum Gasteiger partial charge on any atom is -0.270 e. The van der Waals surface area contributed by atoms with Gasteiger partial charge in [-0.25, -0.2) is 4.99 Å². The molecule has 0 N–H and O–H groups in total. The zero-order valence-corrected chi connectivity index (χ0v) is 11.0. The van der Waals surface area contributed by atoms with Crippen molar-refractivity contribution in [1.82, 2.24) is 0 Å². The highest BCUT2D eigenvalue weighted by atomic mass is 14.9. The number of fused-ring (bicyclic) bond motifs is 3. The van der Waals surface area contributed by atoms with Gasteiger partial charge in [0.2, 0.25) is 0 Å². The van der Waals surface area contributed by atoms with E-state index in [9.17, 15) is 0 Å². The van der Waals surface area contributed by atoms with E-state index in [4.69, 9.17) is 0 Å². The molecule has 0 aromatic heterocycles. The minimum atomic E-state index is 0.924. The summed E-state index contributed by atoms with van der Waals surface area (Å²) in [5.74, 6) is 0.924. The van der Waals surface area contributed by atoms with Crippen molar-refractivity contribution in [1.29, 1.82) is 0 Å². The van der Waals surface area contributed by atoms with Crippen LogP contribution in [0.1, 0.15) is 46.7 Å².